The van der Waals surface area contributed by atoms with Gasteiger partial charge in [-0.15, -0.1) is 11.3 Å². The summed E-state index contributed by atoms with van der Waals surface area (Å²) >= 11 is 1.64. The number of aromatic amines is 1. The van der Waals surface area contributed by atoms with Gasteiger partial charge in [0.2, 0.25) is 0 Å². The summed E-state index contributed by atoms with van der Waals surface area (Å²) in [6, 6.07) is 6.53. The molecule has 24 heavy (non-hydrogen) atoms. The minimum atomic E-state index is -0.0676. The van der Waals surface area contributed by atoms with Crippen molar-refractivity contribution >= 4 is 17.2 Å². The average Bonchev–Trinajstić information content (AvgIpc) is 3.30. The average molecular weight is 344 g/mol. The van der Waals surface area contributed by atoms with Crippen LogP contribution in [0.5, 0.6) is 0 Å². The molecule has 0 bridgehead atoms. The van der Waals surface area contributed by atoms with Gasteiger partial charge in [-0.25, -0.2) is 0 Å². The number of amides is 1. The summed E-state index contributed by atoms with van der Waals surface area (Å²) in [6.45, 7) is 3.23. The van der Waals surface area contributed by atoms with Crippen molar-refractivity contribution in [1.29, 1.82) is 0 Å². The zero-order chi connectivity index (χ0) is 16.4. The second-order valence-corrected chi connectivity index (χ2v) is 7.80. The van der Waals surface area contributed by atoms with E-state index in [2.05, 4.69) is 20.4 Å². The number of rotatable bonds is 4. The van der Waals surface area contributed by atoms with Crippen molar-refractivity contribution in [1.82, 2.24) is 20.4 Å². The van der Waals surface area contributed by atoms with E-state index in [1.807, 2.05) is 23.6 Å². The molecule has 2 saturated heterocycles. The highest BCUT2D eigenvalue weighted by molar-refractivity contribution is 7.13. The number of H-pyrrole nitrogens is 1. The van der Waals surface area contributed by atoms with Gasteiger partial charge < -0.3 is 10.2 Å². The molecular weight excluding hydrogens is 320 g/mol. The van der Waals surface area contributed by atoms with Crippen LogP contribution in [0.25, 0.3) is 10.6 Å². The highest BCUT2D eigenvalue weighted by atomic mass is 32.1. The molecule has 1 amide bonds. The number of aromatic nitrogens is 2. The number of carbonyl (C=O) groups excluding carboxylic acids is 1. The molecule has 0 saturated carbocycles. The quantitative estimate of drug-likeness (QED) is 0.896. The van der Waals surface area contributed by atoms with Gasteiger partial charge in [-0.2, -0.15) is 5.10 Å². The van der Waals surface area contributed by atoms with Crippen LogP contribution in [0.2, 0.25) is 0 Å². The third-order valence-corrected chi connectivity index (χ3v) is 6.25. The molecule has 6 heteroatoms. The smallest absolute Gasteiger partial charge is 0.271 e. The lowest BCUT2D eigenvalue weighted by molar-refractivity contribution is 0.0575. The van der Waals surface area contributed by atoms with Gasteiger partial charge in [0.25, 0.3) is 5.91 Å². The number of piperidine rings is 2. The Balaban J connectivity index is 1.36. The summed E-state index contributed by atoms with van der Waals surface area (Å²) in [5.74, 6) is 0.515. The second kappa shape index (κ2) is 7.07. The van der Waals surface area contributed by atoms with Crippen LogP contribution in [0.4, 0.5) is 0 Å². The number of nitrogens with one attached hydrogen (secondary N) is 2. The van der Waals surface area contributed by atoms with Crippen LogP contribution in [-0.2, 0) is 0 Å². The molecule has 2 aromatic heterocycles. The van der Waals surface area contributed by atoms with Gasteiger partial charge in [-0.3, -0.25) is 9.89 Å². The summed E-state index contributed by atoms with van der Waals surface area (Å²) in [6.07, 6.45) is 6.42. The zero-order valence-electron chi connectivity index (χ0n) is 13.8. The molecule has 2 N–H and O–H groups in total. The van der Waals surface area contributed by atoms with E-state index >= 15 is 0 Å². The molecule has 4 heterocycles. The monoisotopic (exact) mass is 344 g/mol. The first-order chi connectivity index (χ1) is 11.8. The second-order valence-electron chi connectivity index (χ2n) is 6.86. The van der Waals surface area contributed by atoms with E-state index in [4.69, 9.17) is 0 Å². The van der Waals surface area contributed by atoms with Gasteiger partial charge in [0.1, 0.15) is 0 Å². The van der Waals surface area contributed by atoms with Crippen LogP contribution < -0.4 is 5.32 Å². The number of fused-ring (bicyclic) bond motifs is 1. The highest BCUT2D eigenvalue weighted by Gasteiger charge is 2.33. The molecule has 2 aliphatic heterocycles. The third-order valence-electron chi connectivity index (χ3n) is 5.35. The first kappa shape index (κ1) is 15.8. The predicted octanol–water partition coefficient (Wildman–Crippen LogP) is 3.13. The molecule has 2 fully saturated rings. The number of hydrogen-bond acceptors (Lipinski definition) is 4. The molecule has 0 aromatic carbocycles. The molecule has 2 atom stereocenters. The topological polar surface area (TPSA) is 61.0 Å². The molecule has 2 aromatic rings. The van der Waals surface area contributed by atoms with E-state index in [0.717, 1.165) is 17.1 Å². The van der Waals surface area contributed by atoms with Crippen molar-refractivity contribution in [2.75, 3.05) is 19.6 Å². The van der Waals surface area contributed by atoms with Crippen LogP contribution in [0.15, 0.2) is 23.6 Å². The van der Waals surface area contributed by atoms with Crippen LogP contribution in [0, 0.1) is 5.92 Å². The first-order valence-electron chi connectivity index (χ1n) is 8.93. The maximum absolute atomic E-state index is 12.4. The van der Waals surface area contributed by atoms with Crippen LogP contribution in [-0.4, -0.2) is 46.7 Å². The van der Waals surface area contributed by atoms with E-state index in [1.54, 1.807) is 11.3 Å². The molecular formula is C18H24N4OS. The summed E-state index contributed by atoms with van der Waals surface area (Å²) in [5, 5.41) is 12.3. The molecule has 0 spiro atoms. The molecule has 128 valence electrons. The lowest BCUT2D eigenvalue weighted by atomic mass is 9.83. The van der Waals surface area contributed by atoms with E-state index < -0.39 is 0 Å². The van der Waals surface area contributed by atoms with Crippen molar-refractivity contribution in [3.8, 4) is 10.6 Å². The van der Waals surface area contributed by atoms with Gasteiger partial charge in [0.05, 0.1) is 10.6 Å². The van der Waals surface area contributed by atoms with Crippen molar-refractivity contribution in [3.63, 3.8) is 0 Å². The Kier molecular flexibility index (Phi) is 4.67. The number of thiophene rings is 1. The van der Waals surface area contributed by atoms with Gasteiger partial charge in [0, 0.05) is 12.6 Å². The number of carbonyl (C=O) groups is 1. The lowest BCUT2D eigenvalue weighted by Gasteiger charge is -2.44. The van der Waals surface area contributed by atoms with E-state index in [0.29, 0.717) is 17.7 Å². The normalized spacial score (nSPS) is 24.5. The Labute approximate surface area is 146 Å². The minimum Gasteiger partial charge on any atom is -0.350 e. The van der Waals surface area contributed by atoms with Gasteiger partial charge in [-0.1, -0.05) is 12.5 Å². The van der Waals surface area contributed by atoms with Crippen molar-refractivity contribution < 1.29 is 4.79 Å². The minimum absolute atomic E-state index is 0.0676. The van der Waals surface area contributed by atoms with Crippen LogP contribution in [0.3, 0.4) is 0 Å². The first-order valence-corrected chi connectivity index (χ1v) is 9.81. The summed E-state index contributed by atoms with van der Waals surface area (Å²) in [5.41, 5.74) is 1.39. The standard InChI is InChI=1S/C18H24N4OS/c23-18(15-11-14(20-21-15)17-7-4-10-24-17)19-12-13-5-3-9-22-8-2-1-6-16(13)22/h4,7,10-11,13,16H,1-3,5-6,8-9,12H2,(H,19,23)(H,20,21)/t13-,16+/m0/s1. The molecule has 0 aliphatic carbocycles. The molecule has 0 unspecified atom stereocenters. The third kappa shape index (κ3) is 3.26. The fourth-order valence-corrected chi connectivity index (χ4v) is 4.82. The molecule has 4 rings (SSSR count). The van der Waals surface area contributed by atoms with Gasteiger partial charge in [0.15, 0.2) is 5.69 Å². The maximum atomic E-state index is 12.4. The van der Waals surface area contributed by atoms with Crippen LogP contribution in [0.1, 0.15) is 42.6 Å². The van der Waals surface area contributed by atoms with Crippen molar-refractivity contribution in [2.45, 2.75) is 38.1 Å². The summed E-state index contributed by atoms with van der Waals surface area (Å²) < 4.78 is 0. The van der Waals surface area contributed by atoms with Gasteiger partial charge in [-0.05, 0) is 62.2 Å². The number of hydrogen-bond donors (Lipinski definition) is 2. The fourth-order valence-electron chi connectivity index (χ4n) is 4.13. The van der Waals surface area contributed by atoms with Crippen LogP contribution >= 0.6 is 11.3 Å². The Morgan fingerprint density at radius 2 is 2.25 bits per heavy atom. The maximum Gasteiger partial charge on any atom is 0.271 e. The van der Waals surface area contributed by atoms with Crippen molar-refractivity contribution in [3.05, 3.63) is 29.3 Å². The summed E-state index contributed by atoms with van der Waals surface area (Å²) in [4.78, 5) is 16.2. The van der Waals surface area contributed by atoms with E-state index in [-0.39, 0.29) is 5.91 Å². The number of nitrogens with zero attached hydrogens (tertiary/aromatic N) is 2. The molecule has 0 radical (unpaired) electrons. The summed E-state index contributed by atoms with van der Waals surface area (Å²) in [7, 11) is 0. The van der Waals surface area contributed by atoms with E-state index in [1.165, 1.54) is 45.2 Å². The predicted molar refractivity (Wildman–Crippen MR) is 96.2 cm³/mol. The fraction of sp³-hybridized carbons (Fsp3) is 0.556. The Bertz CT molecular complexity index is 679. The zero-order valence-corrected chi connectivity index (χ0v) is 14.6. The Morgan fingerprint density at radius 3 is 3.12 bits per heavy atom. The van der Waals surface area contributed by atoms with Crippen molar-refractivity contribution in [2.24, 2.45) is 5.92 Å². The van der Waals surface area contributed by atoms with Gasteiger partial charge >= 0.3 is 0 Å². The lowest BCUT2D eigenvalue weighted by Crippen LogP contribution is -2.51. The molecule has 5 nitrogen and oxygen atoms in total. The molecule has 2 aliphatic rings. The Morgan fingerprint density at radius 1 is 1.33 bits per heavy atom. The SMILES string of the molecule is O=C(NC[C@@H]1CCCN2CCCC[C@H]12)c1cc(-c2cccs2)[nH]n1. The van der Waals surface area contributed by atoms with E-state index in [9.17, 15) is 4.79 Å². The highest BCUT2D eigenvalue weighted by Crippen LogP contribution is 2.30. The Hall–Kier alpha value is -1.66. The largest absolute Gasteiger partial charge is 0.350 e.